The number of aromatic amines is 1. The van der Waals surface area contributed by atoms with Crippen LogP contribution in [0.1, 0.15) is 93.2 Å². The maximum atomic E-state index is 13.8. The molecule has 5 aromatic rings. The Hall–Kier alpha value is -6.00. The van der Waals surface area contributed by atoms with Gasteiger partial charge in [0.25, 0.3) is 22.9 Å². The van der Waals surface area contributed by atoms with Crippen LogP contribution in [0.4, 0.5) is 17.3 Å². The standard InChI is InChI=1S/C30H21N5O6.C7H14NO2P.3C2H6/c1-32-27(38)22-17-21-23(31-29(40)35(28(21)39)26(37)19-13-7-3-8-14-19)33(20-15-9-4-10-16-20)24(22)34(30(32)41)25(36)18-11-5-2-6-12-18;1-3-6-9-11(2)10-7-4-5-8;3*1-2/h2-16H,17H2,1H3,(H,31,40);3-4,6-7H2,1-2H3;3*1-2H3. The summed E-state index contributed by atoms with van der Waals surface area (Å²) in [4.78, 5) is 85.0. The summed E-state index contributed by atoms with van der Waals surface area (Å²) in [6, 6.07) is 26.3. The first-order valence-electron chi connectivity index (χ1n) is 19.2. The number of rotatable bonds is 9. The number of anilines is 3. The SMILES string of the molecule is CC.CC.CC.CCCOP(C)OCCC#N.Cn1c(=O)c2c(n(C(=O)c3ccccc3)c1=O)N(c1ccccc1)c1[nH]c(=O)n(C(=O)c3ccccc3)c(=O)c1C2. The van der Waals surface area contributed by atoms with Gasteiger partial charge in [-0.15, -0.1) is 0 Å². The topological polar surface area (TPSA) is 178 Å². The van der Waals surface area contributed by atoms with Crippen molar-refractivity contribution in [2.45, 2.75) is 67.7 Å². The quantitative estimate of drug-likeness (QED) is 0.113. The van der Waals surface area contributed by atoms with Crippen LogP contribution in [0, 0.1) is 11.3 Å². The van der Waals surface area contributed by atoms with Crippen LogP contribution in [0.15, 0.2) is 110 Å². The molecule has 1 unspecified atom stereocenters. The van der Waals surface area contributed by atoms with Crippen molar-refractivity contribution in [2.24, 2.45) is 7.05 Å². The van der Waals surface area contributed by atoms with E-state index >= 15 is 0 Å². The number of nitrogens with zero attached hydrogens (tertiary/aromatic N) is 5. The van der Waals surface area contributed by atoms with Gasteiger partial charge in [-0.25, -0.2) is 14.2 Å². The van der Waals surface area contributed by atoms with Crippen molar-refractivity contribution in [3.8, 4) is 6.07 Å². The molecule has 0 radical (unpaired) electrons. The van der Waals surface area contributed by atoms with Gasteiger partial charge in [0.15, 0.2) is 8.38 Å². The number of aromatic nitrogens is 4. The molecule has 308 valence electrons. The number of H-pyrrole nitrogens is 1. The summed E-state index contributed by atoms with van der Waals surface area (Å²) in [5.41, 5.74) is -2.98. The first-order chi connectivity index (χ1) is 28.1. The highest BCUT2D eigenvalue weighted by Crippen LogP contribution is 2.39. The Bertz CT molecular complexity index is 2370. The Balaban J connectivity index is 0.000000585. The highest BCUT2D eigenvalue weighted by Gasteiger charge is 2.36. The van der Waals surface area contributed by atoms with Gasteiger partial charge in [-0.05, 0) is 42.8 Å². The minimum atomic E-state index is -1.01. The molecule has 0 aliphatic carbocycles. The predicted molar refractivity (Wildman–Crippen MR) is 230 cm³/mol. The third kappa shape index (κ3) is 11.3. The highest BCUT2D eigenvalue weighted by atomic mass is 31.2. The van der Waals surface area contributed by atoms with E-state index in [9.17, 15) is 28.8 Å². The third-order valence-electron chi connectivity index (χ3n) is 7.91. The zero-order valence-corrected chi connectivity index (χ0v) is 35.5. The number of carbonyl (C=O) groups is 2. The summed E-state index contributed by atoms with van der Waals surface area (Å²) >= 11 is 0. The van der Waals surface area contributed by atoms with Crippen molar-refractivity contribution in [1.29, 1.82) is 5.26 Å². The second kappa shape index (κ2) is 24.6. The number of hydrogen-bond donors (Lipinski definition) is 1. The van der Waals surface area contributed by atoms with Crippen LogP contribution in [0.2, 0.25) is 0 Å². The molecule has 58 heavy (non-hydrogen) atoms. The molecule has 2 aromatic heterocycles. The van der Waals surface area contributed by atoms with E-state index in [4.69, 9.17) is 14.3 Å². The Morgan fingerprint density at radius 1 is 0.724 bits per heavy atom. The lowest BCUT2D eigenvalue weighted by Crippen LogP contribution is -2.49. The van der Waals surface area contributed by atoms with Gasteiger partial charge >= 0.3 is 11.4 Å². The summed E-state index contributed by atoms with van der Waals surface area (Å²) in [7, 11) is 0.493. The fraction of sp³-hybridized carbons (Fsp3) is 0.326. The van der Waals surface area contributed by atoms with Crippen molar-refractivity contribution in [1.82, 2.24) is 18.7 Å². The molecule has 14 nitrogen and oxygen atoms in total. The second-order valence-corrected chi connectivity index (χ2v) is 12.8. The summed E-state index contributed by atoms with van der Waals surface area (Å²) in [6.07, 6.45) is 1.11. The van der Waals surface area contributed by atoms with E-state index in [0.717, 1.165) is 22.2 Å². The molecule has 0 amide bonds. The molecule has 6 rings (SSSR count). The largest absolute Gasteiger partial charge is 0.339 e. The van der Waals surface area contributed by atoms with Crippen LogP contribution in [-0.4, -0.2) is 50.4 Å². The highest BCUT2D eigenvalue weighted by molar-refractivity contribution is 7.46. The minimum absolute atomic E-state index is 0.0319. The molecule has 1 aliphatic rings. The number of carbonyl (C=O) groups excluding carboxylic acids is 2. The smallest absolute Gasteiger partial charge is 0.334 e. The van der Waals surface area contributed by atoms with Crippen LogP contribution < -0.4 is 27.4 Å². The monoisotopic (exact) mass is 812 g/mol. The number of hydrogen-bond acceptors (Lipinski definition) is 10. The Morgan fingerprint density at radius 3 is 1.71 bits per heavy atom. The van der Waals surface area contributed by atoms with Crippen LogP contribution >= 0.6 is 8.38 Å². The Labute approximate surface area is 339 Å². The number of para-hydroxylation sites is 1. The number of fused-ring (bicyclic) bond motifs is 2. The van der Waals surface area contributed by atoms with Crippen LogP contribution in [0.5, 0.6) is 0 Å². The summed E-state index contributed by atoms with van der Waals surface area (Å²) in [5, 5.41) is 8.19. The lowest BCUT2D eigenvalue weighted by atomic mass is 10.0. The van der Waals surface area contributed by atoms with E-state index in [2.05, 4.69) is 11.9 Å². The van der Waals surface area contributed by atoms with Gasteiger partial charge in [0.05, 0.1) is 36.8 Å². The molecular formula is C43H53N6O8P. The van der Waals surface area contributed by atoms with Crippen LogP contribution in [0.3, 0.4) is 0 Å². The number of nitrogens with one attached hydrogen (secondary N) is 1. The van der Waals surface area contributed by atoms with Crippen molar-refractivity contribution in [3.63, 3.8) is 0 Å². The van der Waals surface area contributed by atoms with Gasteiger partial charge in [-0.3, -0.25) is 33.6 Å². The Morgan fingerprint density at radius 2 is 1.21 bits per heavy atom. The van der Waals surface area contributed by atoms with Crippen molar-refractivity contribution in [2.75, 3.05) is 24.8 Å². The van der Waals surface area contributed by atoms with Crippen LogP contribution in [-0.2, 0) is 22.5 Å². The van der Waals surface area contributed by atoms with E-state index in [1.165, 1.54) is 36.2 Å². The molecule has 3 aromatic carbocycles. The van der Waals surface area contributed by atoms with E-state index in [-0.39, 0.29) is 40.3 Å². The van der Waals surface area contributed by atoms with Gasteiger partial charge in [-0.2, -0.15) is 9.83 Å². The molecule has 0 saturated heterocycles. The fourth-order valence-electron chi connectivity index (χ4n) is 5.44. The number of nitriles is 1. The maximum Gasteiger partial charge on any atom is 0.339 e. The van der Waals surface area contributed by atoms with E-state index in [1.54, 1.807) is 66.7 Å². The summed E-state index contributed by atoms with van der Waals surface area (Å²) < 4.78 is 12.6. The predicted octanol–water partition coefficient (Wildman–Crippen LogP) is 7.51. The van der Waals surface area contributed by atoms with Crippen molar-refractivity contribution < 1.29 is 18.6 Å². The van der Waals surface area contributed by atoms with Gasteiger partial charge in [0.2, 0.25) is 0 Å². The molecular weight excluding hydrogens is 759 g/mol. The normalized spacial score (nSPS) is 11.1. The molecule has 0 bridgehead atoms. The molecule has 1 aliphatic heterocycles. The van der Waals surface area contributed by atoms with Gasteiger partial charge in [0.1, 0.15) is 11.6 Å². The molecule has 0 fully saturated rings. The van der Waals surface area contributed by atoms with Gasteiger partial charge in [0, 0.05) is 36.9 Å². The summed E-state index contributed by atoms with van der Waals surface area (Å²) in [5.74, 6) is -1.71. The minimum Gasteiger partial charge on any atom is -0.334 e. The molecule has 0 saturated carbocycles. The lowest BCUT2D eigenvalue weighted by Gasteiger charge is -2.33. The molecule has 15 heteroatoms. The van der Waals surface area contributed by atoms with E-state index in [0.29, 0.717) is 23.3 Å². The average molecular weight is 813 g/mol. The zero-order chi connectivity index (χ0) is 43.4. The molecule has 3 heterocycles. The first-order valence-corrected chi connectivity index (χ1v) is 20.9. The van der Waals surface area contributed by atoms with Crippen molar-refractivity contribution in [3.05, 3.63) is 155 Å². The maximum absolute atomic E-state index is 13.8. The fourth-order valence-corrected chi connectivity index (χ4v) is 6.30. The van der Waals surface area contributed by atoms with Gasteiger partial charge < -0.3 is 9.05 Å². The first kappa shape index (κ1) is 48.1. The second-order valence-electron chi connectivity index (χ2n) is 11.4. The third-order valence-corrected chi connectivity index (χ3v) is 9.01. The summed E-state index contributed by atoms with van der Waals surface area (Å²) in [6.45, 7) is 17.2. The average Bonchev–Trinajstić information content (AvgIpc) is 3.27. The Kier molecular flexibility index (Phi) is 20.4. The molecule has 1 N–H and O–H groups in total. The number of benzene rings is 3. The lowest BCUT2D eigenvalue weighted by molar-refractivity contribution is 0.0945. The molecule has 0 spiro atoms. The van der Waals surface area contributed by atoms with Crippen molar-refractivity contribution >= 4 is 37.5 Å². The van der Waals surface area contributed by atoms with E-state index in [1.807, 2.05) is 54.3 Å². The van der Waals surface area contributed by atoms with E-state index < -0.39 is 42.7 Å². The van der Waals surface area contributed by atoms with Crippen LogP contribution in [0.25, 0.3) is 0 Å². The van der Waals surface area contributed by atoms with Gasteiger partial charge in [-0.1, -0.05) is 103 Å². The molecule has 1 atom stereocenters. The zero-order valence-electron chi connectivity index (χ0n) is 34.6.